The van der Waals surface area contributed by atoms with Gasteiger partial charge in [0.2, 0.25) is 0 Å². The molecule has 29 heavy (non-hydrogen) atoms. The third kappa shape index (κ3) is 6.12. The fourth-order valence-corrected chi connectivity index (χ4v) is 4.64. The van der Waals surface area contributed by atoms with E-state index in [4.69, 9.17) is 0 Å². The molecule has 2 aliphatic carbocycles. The van der Waals surface area contributed by atoms with Crippen LogP contribution < -0.4 is 16.4 Å². The minimum atomic E-state index is -0.159. The normalized spacial score (nSPS) is 21.7. The lowest BCUT2D eigenvalue weighted by Crippen LogP contribution is -2.41. The molecule has 0 heterocycles. The molecule has 0 amide bonds. The lowest BCUT2D eigenvalue weighted by molar-refractivity contribution is 0.237. The number of hydrogen-bond acceptors (Lipinski definition) is 3. The van der Waals surface area contributed by atoms with Crippen molar-refractivity contribution in [3.63, 3.8) is 0 Å². The SMILES string of the molecule is C=C(NC1CCCC(C(C)C)C1)N[C@@H](C)C1=C(C)c2cc(F)ccc2C1.C=CN. The molecule has 4 heteroatoms. The van der Waals surface area contributed by atoms with E-state index in [2.05, 4.69) is 57.2 Å². The van der Waals surface area contributed by atoms with E-state index in [0.717, 1.165) is 29.6 Å². The Hall–Kier alpha value is -2.23. The summed E-state index contributed by atoms with van der Waals surface area (Å²) in [6.45, 7) is 16.3. The highest BCUT2D eigenvalue weighted by Crippen LogP contribution is 2.35. The van der Waals surface area contributed by atoms with Crippen LogP contribution in [0.3, 0.4) is 0 Å². The number of benzene rings is 1. The van der Waals surface area contributed by atoms with Gasteiger partial charge >= 0.3 is 0 Å². The number of rotatable bonds is 6. The number of halogens is 1. The zero-order chi connectivity index (χ0) is 21.6. The number of fused-ring (bicyclic) bond motifs is 1. The summed E-state index contributed by atoms with van der Waals surface area (Å²) < 4.78 is 13.6. The molecule has 3 nitrogen and oxygen atoms in total. The van der Waals surface area contributed by atoms with E-state index < -0.39 is 0 Å². The molecule has 0 aliphatic heterocycles. The molecule has 1 fully saturated rings. The Labute approximate surface area is 176 Å². The van der Waals surface area contributed by atoms with Gasteiger partial charge in [0.15, 0.2) is 0 Å². The summed E-state index contributed by atoms with van der Waals surface area (Å²) in [5.41, 5.74) is 9.42. The van der Waals surface area contributed by atoms with Crippen LogP contribution in [0.1, 0.15) is 64.5 Å². The Kier molecular flexibility index (Phi) is 8.36. The molecule has 2 aliphatic rings. The predicted octanol–water partition coefficient (Wildman–Crippen LogP) is 5.50. The van der Waals surface area contributed by atoms with Crippen molar-refractivity contribution >= 4 is 5.57 Å². The van der Waals surface area contributed by atoms with Crippen molar-refractivity contribution in [1.82, 2.24) is 10.6 Å². The van der Waals surface area contributed by atoms with Crippen molar-refractivity contribution in [3.05, 3.63) is 65.9 Å². The Bertz CT molecular complexity index is 750. The van der Waals surface area contributed by atoms with E-state index in [-0.39, 0.29) is 11.9 Å². The van der Waals surface area contributed by atoms with Crippen LogP contribution in [0.5, 0.6) is 0 Å². The molecule has 0 saturated heterocycles. The maximum Gasteiger partial charge on any atom is 0.123 e. The molecule has 1 aromatic rings. The highest BCUT2D eigenvalue weighted by Gasteiger charge is 2.26. The summed E-state index contributed by atoms with van der Waals surface area (Å²) in [7, 11) is 0. The topological polar surface area (TPSA) is 50.1 Å². The monoisotopic (exact) mass is 399 g/mol. The molecule has 1 aromatic carbocycles. The van der Waals surface area contributed by atoms with Crippen LogP contribution in [-0.2, 0) is 6.42 Å². The third-order valence-electron chi connectivity index (χ3n) is 6.29. The summed E-state index contributed by atoms with van der Waals surface area (Å²) in [4.78, 5) is 0. The first-order chi connectivity index (χ1) is 13.8. The van der Waals surface area contributed by atoms with E-state index in [9.17, 15) is 4.39 Å². The minimum absolute atomic E-state index is 0.159. The number of allylic oxidation sites excluding steroid dienone is 1. The van der Waals surface area contributed by atoms with Gasteiger partial charge in [-0.1, -0.05) is 45.9 Å². The zero-order valence-corrected chi connectivity index (χ0v) is 18.5. The standard InChI is InChI=1S/C23H33FN2.C2H5N/c1-14(2)18-7-6-8-21(11-18)26-17(5)25-16(4)22-12-19-9-10-20(24)13-23(19)15(22)3;1-2-3/h9-10,13-14,16,18,21,25-26H,5-8,11-12H2,1-4H3;2H,1,3H2/t16-,18?,21?;/m0./s1. The quantitative estimate of drug-likeness (QED) is 0.592. The first-order valence-corrected chi connectivity index (χ1v) is 10.8. The molecule has 4 N–H and O–H groups in total. The third-order valence-corrected chi connectivity index (χ3v) is 6.29. The lowest BCUT2D eigenvalue weighted by Gasteiger charge is -2.34. The fraction of sp³-hybridized carbons (Fsp3) is 0.520. The highest BCUT2D eigenvalue weighted by molar-refractivity contribution is 5.75. The molecule has 0 radical (unpaired) electrons. The molecular weight excluding hydrogens is 361 g/mol. The average molecular weight is 400 g/mol. The first-order valence-electron chi connectivity index (χ1n) is 10.8. The van der Waals surface area contributed by atoms with Crippen LogP contribution in [0.4, 0.5) is 4.39 Å². The van der Waals surface area contributed by atoms with Crippen molar-refractivity contribution in [2.75, 3.05) is 0 Å². The molecule has 0 spiro atoms. The summed E-state index contributed by atoms with van der Waals surface area (Å²) in [6, 6.07) is 5.84. The second-order valence-corrected chi connectivity index (χ2v) is 8.72. The van der Waals surface area contributed by atoms with Gasteiger partial charge in [0.1, 0.15) is 5.82 Å². The molecule has 0 bridgehead atoms. The smallest absolute Gasteiger partial charge is 0.123 e. The molecule has 1 saturated carbocycles. The Balaban J connectivity index is 0.000000941. The number of nitrogens with one attached hydrogen (secondary N) is 2. The fourth-order valence-electron chi connectivity index (χ4n) is 4.64. The van der Waals surface area contributed by atoms with E-state index >= 15 is 0 Å². The van der Waals surface area contributed by atoms with Gasteiger partial charge in [0, 0.05) is 12.1 Å². The van der Waals surface area contributed by atoms with Gasteiger partial charge in [-0.3, -0.25) is 0 Å². The van der Waals surface area contributed by atoms with Crippen LogP contribution in [0.25, 0.3) is 5.57 Å². The molecule has 2 unspecified atom stereocenters. The van der Waals surface area contributed by atoms with Crippen LogP contribution in [0, 0.1) is 17.7 Å². The molecule has 160 valence electrons. The Morgan fingerprint density at radius 1 is 1.28 bits per heavy atom. The summed E-state index contributed by atoms with van der Waals surface area (Å²) in [5.74, 6) is 2.32. The maximum atomic E-state index is 13.6. The molecule has 3 atom stereocenters. The van der Waals surface area contributed by atoms with Gasteiger partial charge in [-0.2, -0.15) is 0 Å². The largest absolute Gasteiger partial charge is 0.405 e. The number of hydrogen-bond donors (Lipinski definition) is 3. The van der Waals surface area contributed by atoms with Crippen LogP contribution >= 0.6 is 0 Å². The maximum absolute atomic E-state index is 13.6. The van der Waals surface area contributed by atoms with Crippen molar-refractivity contribution in [1.29, 1.82) is 0 Å². The second kappa shape index (κ2) is 10.5. The van der Waals surface area contributed by atoms with Crippen molar-refractivity contribution in [3.8, 4) is 0 Å². The van der Waals surface area contributed by atoms with Crippen molar-refractivity contribution in [2.24, 2.45) is 17.6 Å². The van der Waals surface area contributed by atoms with E-state index in [0.29, 0.717) is 6.04 Å². The van der Waals surface area contributed by atoms with Gasteiger partial charge in [0.25, 0.3) is 0 Å². The van der Waals surface area contributed by atoms with E-state index in [1.165, 1.54) is 48.6 Å². The zero-order valence-electron chi connectivity index (χ0n) is 18.5. The van der Waals surface area contributed by atoms with Crippen molar-refractivity contribution in [2.45, 2.75) is 71.9 Å². The van der Waals surface area contributed by atoms with E-state index in [1.807, 2.05) is 6.07 Å². The summed E-state index contributed by atoms with van der Waals surface area (Å²) in [5, 5.41) is 7.15. The second-order valence-electron chi connectivity index (χ2n) is 8.72. The van der Waals surface area contributed by atoms with Crippen molar-refractivity contribution < 1.29 is 4.39 Å². The molecule has 3 rings (SSSR count). The van der Waals surface area contributed by atoms with Crippen LogP contribution in [0.2, 0.25) is 0 Å². The highest BCUT2D eigenvalue weighted by atomic mass is 19.1. The lowest BCUT2D eigenvalue weighted by atomic mass is 9.79. The van der Waals surface area contributed by atoms with Crippen LogP contribution in [-0.4, -0.2) is 12.1 Å². The van der Waals surface area contributed by atoms with E-state index in [1.54, 1.807) is 12.1 Å². The summed E-state index contributed by atoms with van der Waals surface area (Å²) in [6.07, 6.45) is 7.26. The Morgan fingerprint density at radius 3 is 2.62 bits per heavy atom. The molecular formula is C25H38FN3. The summed E-state index contributed by atoms with van der Waals surface area (Å²) >= 11 is 0. The van der Waals surface area contributed by atoms with Gasteiger partial charge in [-0.25, -0.2) is 4.39 Å². The number of nitrogens with two attached hydrogens (primary N) is 1. The Morgan fingerprint density at radius 2 is 1.97 bits per heavy atom. The van der Waals surface area contributed by atoms with Gasteiger partial charge in [0.05, 0.1) is 5.82 Å². The van der Waals surface area contributed by atoms with Gasteiger partial charge in [-0.15, -0.1) is 0 Å². The molecule has 0 aromatic heterocycles. The van der Waals surface area contributed by atoms with Crippen LogP contribution in [0.15, 0.2) is 49.0 Å². The first kappa shape index (κ1) is 23.1. The average Bonchev–Trinajstić information content (AvgIpc) is 2.99. The minimum Gasteiger partial charge on any atom is -0.405 e. The predicted molar refractivity (Wildman–Crippen MR) is 123 cm³/mol. The van der Waals surface area contributed by atoms with Gasteiger partial charge in [-0.05, 0) is 85.6 Å². The van der Waals surface area contributed by atoms with Gasteiger partial charge < -0.3 is 16.4 Å².